The third-order valence-electron chi connectivity index (χ3n) is 2.28. The second-order valence-electron chi connectivity index (χ2n) is 3.91. The largest absolute Gasteiger partial charge is 0.368 e. The lowest BCUT2D eigenvalue weighted by molar-refractivity contribution is 0.818. The maximum Gasteiger partial charge on any atom is 0.220 e. The molecule has 0 spiro atoms. The second kappa shape index (κ2) is 4.26. The number of nitrogens with two attached hydrogens (primary N) is 1. The smallest absolute Gasteiger partial charge is 0.220 e. The molecule has 4 heteroatoms. The van der Waals surface area contributed by atoms with Gasteiger partial charge < -0.3 is 5.73 Å². The molecule has 16 heavy (non-hydrogen) atoms. The summed E-state index contributed by atoms with van der Waals surface area (Å²) in [7, 11) is 0. The normalized spacial score (nSPS) is 10.7. The molecule has 0 aliphatic heterocycles. The van der Waals surface area contributed by atoms with Crippen molar-refractivity contribution in [1.29, 1.82) is 0 Å². The Balaban J connectivity index is 2.50. The molecule has 0 aliphatic rings. The first-order valence-electron chi connectivity index (χ1n) is 5.22. The van der Waals surface area contributed by atoms with Crippen LogP contribution in [0.1, 0.15) is 25.5 Å². The van der Waals surface area contributed by atoms with Gasteiger partial charge in [0.1, 0.15) is 0 Å². The molecule has 0 radical (unpaired) electrons. The number of aromatic nitrogens is 3. The summed E-state index contributed by atoms with van der Waals surface area (Å²) in [4.78, 5) is 12.6. The summed E-state index contributed by atoms with van der Waals surface area (Å²) in [5, 5.41) is 0. The van der Waals surface area contributed by atoms with Crippen LogP contribution in [0.3, 0.4) is 0 Å². The molecule has 0 bridgehead atoms. The van der Waals surface area contributed by atoms with Crippen LogP contribution >= 0.6 is 0 Å². The van der Waals surface area contributed by atoms with E-state index in [0.29, 0.717) is 11.9 Å². The van der Waals surface area contributed by atoms with Gasteiger partial charge in [-0.05, 0) is 24.1 Å². The van der Waals surface area contributed by atoms with E-state index in [-0.39, 0.29) is 0 Å². The van der Waals surface area contributed by atoms with Gasteiger partial charge in [0, 0.05) is 11.9 Å². The molecule has 0 saturated heterocycles. The summed E-state index contributed by atoms with van der Waals surface area (Å²) in [5.74, 6) is 0.625. The van der Waals surface area contributed by atoms with Crippen LogP contribution in [0.5, 0.6) is 0 Å². The van der Waals surface area contributed by atoms with Crippen LogP contribution in [0.25, 0.3) is 11.4 Å². The second-order valence-corrected chi connectivity index (χ2v) is 3.91. The molecule has 0 aliphatic carbocycles. The number of nitrogens with zero attached hydrogens (tertiary/aromatic N) is 3. The van der Waals surface area contributed by atoms with E-state index in [9.17, 15) is 0 Å². The lowest BCUT2D eigenvalue weighted by atomic mass is 10.1. The topological polar surface area (TPSA) is 64.7 Å². The van der Waals surface area contributed by atoms with Crippen LogP contribution < -0.4 is 5.73 Å². The molecule has 0 unspecified atom stereocenters. The summed E-state index contributed by atoms with van der Waals surface area (Å²) >= 11 is 0. The number of hydrogen-bond donors (Lipinski definition) is 1. The Hall–Kier alpha value is -1.97. The van der Waals surface area contributed by atoms with Gasteiger partial charge in [-0.1, -0.05) is 19.9 Å². The van der Waals surface area contributed by atoms with Crippen LogP contribution in [0.4, 0.5) is 5.95 Å². The van der Waals surface area contributed by atoms with E-state index < -0.39 is 0 Å². The molecule has 2 N–H and O–H groups in total. The summed E-state index contributed by atoms with van der Waals surface area (Å²) in [6, 6.07) is 7.64. The fourth-order valence-electron chi connectivity index (χ4n) is 1.43. The van der Waals surface area contributed by atoms with Crippen LogP contribution in [0, 0.1) is 0 Å². The zero-order valence-electron chi connectivity index (χ0n) is 9.38. The fourth-order valence-corrected chi connectivity index (χ4v) is 1.43. The molecule has 0 aromatic carbocycles. The van der Waals surface area contributed by atoms with Crippen LogP contribution in [0.15, 0.2) is 30.5 Å². The summed E-state index contributed by atoms with van der Waals surface area (Å²) < 4.78 is 0. The van der Waals surface area contributed by atoms with Gasteiger partial charge in [0.2, 0.25) is 5.95 Å². The Morgan fingerprint density at radius 2 is 1.94 bits per heavy atom. The van der Waals surface area contributed by atoms with Gasteiger partial charge in [0.25, 0.3) is 0 Å². The van der Waals surface area contributed by atoms with Gasteiger partial charge in [-0.3, -0.25) is 4.98 Å². The Kier molecular flexibility index (Phi) is 2.81. The molecule has 0 amide bonds. The zero-order chi connectivity index (χ0) is 11.5. The van der Waals surface area contributed by atoms with Crippen LogP contribution in [-0.2, 0) is 0 Å². The minimum absolute atomic E-state index is 0.298. The molecule has 0 atom stereocenters. The molecular weight excluding hydrogens is 200 g/mol. The summed E-state index contributed by atoms with van der Waals surface area (Å²) in [5.41, 5.74) is 8.22. The van der Waals surface area contributed by atoms with E-state index >= 15 is 0 Å². The molecule has 2 aromatic heterocycles. The van der Waals surface area contributed by atoms with Crippen molar-refractivity contribution in [1.82, 2.24) is 15.0 Å². The first kappa shape index (κ1) is 10.5. The molecule has 2 heterocycles. The SMILES string of the molecule is CC(C)c1cc(-c2ccccn2)nc(N)n1. The van der Waals surface area contributed by atoms with Gasteiger partial charge in [-0.2, -0.15) is 0 Å². The van der Waals surface area contributed by atoms with Crippen molar-refractivity contribution in [3.8, 4) is 11.4 Å². The predicted molar refractivity (Wildman–Crippen MR) is 63.8 cm³/mol. The number of hydrogen-bond acceptors (Lipinski definition) is 4. The third-order valence-corrected chi connectivity index (χ3v) is 2.28. The average Bonchev–Trinajstić information content (AvgIpc) is 2.29. The number of rotatable bonds is 2. The van der Waals surface area contributed by atoms with Crippen molar-refractivity contribution in [3.63, 3.8) is 0 Å². The Bertz CT molecular complexity index is 480. The van der Waals surface area contributed by atoms with Crippen LogP contribution in [-0.4, -0.2) is 15.0 Å². The quantitative estimate of drug-likeness (QED) is 0.832. The Morgan fingerprint density at radius 1 is 1.12 bits per heavy atom. The van der Waals surface area contributed by atoms with E-state index in [0.717, 1.165) is 17.1 Å². The van der Waals surface area contributed by atoms with Crippen molar-refractivity contribution in [2.75, 3.05) is 5.73 Å². The van der Waals surface area contributed by atoms with Gasteiger partial charge in [0.05, 0.1) is 11.4 Å². The van der Waals surface area contributed by atoms with Crippen molar-refractivity contribution in [2.24, 2.45) is 0 Å². The molecule has 82 valence electrons. The standard InChI is InChI=1S/C12H14N4/c1-8(2)10-7-11(16-12(13)15-10)9-5-3-4-6-14-9/h3-8H,1-2H3,(H2,13,15,16). The molecule has 2 rings (SSSR count). The maximum absolute atomic E-state index is 5.68. The van der Waals surface area contributed by atoms with Gasteiger partial charge in [-0.15, -0.1) is 0 Å². The van der Waals surface area contributed by atoms with Crippen molar-refractivity contribution in [3.05, 3.63) is 36.2 Å². The first-order valence-corrected chi connectivity index (χ1v) is 5.22. The number of nitrogen functional groups attached to an aromatic ring is 1. The lowest BCUT2D eigenvalue weighted by Gasteiger charge is -2.07. The van der Waals surface area contributed by atoms with Crippen molar-refractivity contribution >= 4 is 5.95 Å². The van der Waals surface area contributed by atoms with E-state index in [1.54, 1.807) is 6.20 Å². The highest BCUT2D eigenvalue weighted by atomic mass is 15.0. The highest BCUT2D eigenvalue weighted by Crippen LogP contribution is 2.19. The number of pyridine rings is 1. The molecular formula is C12H14N4. The zero-order valence-corrected chi connectivity index (χ0v) is 9.38. The van der Waals surface area contributed by atoms with Crippen molar-refractivity contribution < 1.29 is 0 Å². The fraction of sp³-hybridized carbons (Fsp3) is 0.250. The minimum atomic E-state index is 0.298. The van der Waals surface area contributed by atoms with Gasteiger partial charge in [-0.25, -0.2) is 9.97 Å². The van der Waals surface area contributed by atoms with Crippen molar-refractivity contribution in [2.45, 2.75) is 19.8 Å². The summed E-state index contributed by atoms with van der Waals surface area (Å²) in [6.07, 6.45) is 1.74. The van der Waals surface area contributed by atoms with E-state index in [2.05, 4.69) is 28.8 Å². The minimum Gasteiger partial charge on any atom is -0.368 e. The molecule has 2 aromatic rings. The average molecular weight is 214 g/mol. The molecule has 0 saturated carbocycles. The van der Waals surface area contributed by atoms with E-state index in [1.165, 1.54) is 0 Å². The monoisotopic (exact) mass is 214 g/mol. The highest BCUT2D eigenvalue weighted by Gasteiger charge is 2.07. The highest BCUT2D eigenvalue weighted by molar-refractivity contribution is 5.55. The lowest BCUT2D eigenvalue weighted by Crippen LogP contribution is -2.02. The first-order chi connectivity index (χ1) is 7.66. The van der Waals surface area contributed by atoms with E-state index in [1.807, 2.05) is 24.3 Å². The Morgan fingerprint density at radius 3 is 2.56 bits per heavy atom. The maximum atomic E-state index is 5.68. The summed E-state index contributed by atoms with van der Waals surface area (Å²) in [6.45, 7) is 4.15. The van der Waals surface area contributed by atoms with E-state index in [4.69, 9.17) is 5.73 Å². The predicted octanol–water partition coefficient (Wildman–Crippen LogP) is 2.24. The number of anilines is 1. The van der Waals surface area contributed by atoms with Gasteiger partial charge >= 0.3 is 0 Å². The van der Waals surface area contributed by atoms with Crippen LogP contribution in [0.2, 0.25) is 0 Å². The van der Waals surface area contributed by atoms with Gasteiger partial charge in [0.15, 0.2) is 0 Å². The Labute approximate surface area is 94.6 Å². The third kappa shape index (κ3) is 2.16. The molecule has 4 nitrogen and oxygen atoms in total. The molecule has 0 fully saturated rings.